The van der Waals surface area contributed by atoms with Crippen molar-refractivity contribution in [1.29, 1.82) is 0 Å². The maximum Gasteiger partial charge on any atom is 0.287 e. The fraction of sp³-hybridized carbons (Fsp3) is 0.269. The molecule has 0 atom stereocenters. The Hall–Kier alpha value is -3.05. The summed E-state index contributed by atoms with van der Waals surface area (Å²) in [5.74, 6) is 1.59. The third-order valence-electron chi connectivity index (χ3n) is 6.60. The van der Waals surface area contributed by atoms with E-state index in [-0.39, 0.29) is 0 Å². The van der Waals surface area contributed by atoms with Crippen LogP contribution in [0, 0.1) is 13.8 Å². The summed E-state index contributed by atoms with van der Waals surface area (Å²) < 4.78 is 5.78. The lowest BCUT2D eigenvalue weighted by atomic mass is 9.90. The summed E-state index contributed by atoms with van der Waals surface area (Å²) in [6.07, 6.45) is 5.02. The van der Waals surface area contributed by atoms with Crippen LogP contribution in [-0.4, -0.2) is 14.5 Å². The van der Waals surface area contributed by atoms with Crippen molar-refractivity contribution >= 4 is 32.3 Å². The van der Waals surface area contributed by atoms with E-state index in [1.165, 1.54) is 49.1 Å². The van der Waals surface area contributed by atoms with E-state index in [9.17, 15) is 0 Å². The lowest BCUT2D eigenvalue weighted by Gasteiger charge is -2.17. The van der Waals surface area contributed by atoms with Crippen LogP contribution in [0.5, 0.6) is 0 Å². The van der Waals surface area contributed by atoms with E-state index in [1.54, 1.807) is 0 Å². The third kappa shape index (κ3) is 2.50. The largest absolute Gasteiger partial charge is 0.302 e. The number of imidazole rings is 1. The van der Waals surface area contributed by atoms with Gasteiger partial charge < -0.3 is 4.57 Å². The molecule has 2 aromatic carbocycles. The maximum atomic E-state index is 4.84. The van der Waals surface area contributed by atoms with E-state index in [0.717, 1.165) is 23.5 Å². The smallest absolute Gasteiger partial charge is 0.287 e. The highest BCUT2D eigenvalue weighted by Gasteiger charge is 2.31. The fourth-order valence-electron chi connectivity index (χ4n) is 5.18. The van der Waals surface area contributed by atoms with Crippen LogP contribution in [0.15, 0.2) is 42.2 Å². The van der Waals surface area contributed by atoms with Gasteiger partial charge in [-0.05, 0) is 46.6 Å². The average Bonchev–Trinajstić information content (AvgIpc) is 3.41. The zero-order valence-corrected chi connectivity index (χ0v) is 19.3. The fourth-order valence-corrected chi connectivity index (χ4v) is 6.45. The van der Waals surface area contributed by atoms with Crippen molar-refractivity contribution in [2.75, 3.05) is 0 Å². The summed E-state index contributed by atoms with van der Waals surface area (Å²) in [6.45, 7) is 8.84. The Morgan fingerprint density at radius 1 is 1.13 bits per heavy atom. The molecule has 1 aliphatic heterocycles. The summed E-state index contributed by atoms with van der Waals surface area (Å²) >= 11 is 1.82. The van der Waals surface area contributed by atoms with Gasteiger partial charge in [-0.1, -0.05) is 38.1 Å². The Labute approximate surface area is 185 Å². The molecule has 4 nitrogen and oxygen atoms in total. The van der Waals surface area contributed by atoms with Gasteiger partial charge in [-0.15, -0.1) is 11.3 Å². The molecule has 0 spiro atoms. The molecule has 0 amide bonds. The minimum absolute atomic E-state index is 0.457. The first-order valence-corrected chi connectivity index (χ1v) is 11.7. The highest BCUT2D eigenvalue weighted by Crippen LogP contribution is 2.45. The first kappa shape index (κ1) is 18.7. The van der Waals surface area contributed by atoms with Crippen LogP contribution in [0.4, 0.5) is 0 Å². The van der Waals surface area contributed by atoms with Gasteiger partial charge in [0.15, 0.2) is 5.69 Å². The molecule has 5 aromatic rings. The summed E-state index contributed by atoms with van der Waals surface area (Å²) in [5.41, 5.74) is 10.1. The second-order valence-corrected chi connectivity index (χ2v) is 9.83. The van der Waals surface area contributed by atoms with E-state index in [4.69, 9.17) is 9.97 Å². The molecule has 3 aromatic heterocycles. The number of hydrogen-bond donors (Lipinski definition) is 0. The minimum atomic E-state index is 0.457. The molecule has 5 heteroatoms. The summed E-state index contributed by atoms with van der Waals surface area (Å²) in [5, 5.41) is 4.90. The molecule has 31 heavy (non-hydrogen) atoms. The number of rotatable bonds is 2. The standard InChI is InChI=1S/C26H25N4S/c1-14(2)20-12-31-26-23(20)27-13-29(5)25(26)22-16(4)17-8-6-7-9-18(17)24-19(22)10-21-28-15(3)11-30(21)24/h6-9,11-14H,10H2,1-5H3/q+1. The molecule has 1 aliphatic rings. The predicted molar refractivity (Wildman–Crippen MR) is 127 cm³/mol. The Balaban J connectivity index is 1.78. The molecule has 4 heterocycles. The SMILES string of the molecule is Cc1cn2c(n1)Cc1c(-c3c4scc(C(C)C)c4nc[n+]3C)c(C)c3ccccc3c1-2. The van der Waals surface area contributed by atoms with Gasteiger partial charge >= 0.3 is 0 Å². The molecule has 0 saturated heterocycles. The van der Waals surface area contributed by atoms with Gasteiger partial charge in [-0.25, -0.2) is 9.55 Å². The van der Waals surface area contributed by atoms with Crippen molar-refractivity contribution in [3.05, 3.63) is 70.4 Å². The van der Waals surface area contributed by atoms with E-state index in [0.29, 0.717) is 5.92 Å². The van der Waals surface area contributed by atoms with Crippen molar-refractivity contribution in [2.24, 2.45) is 7.05 Å². The molecule has 0 aliphatic carbocycles. The van der Waals surface area contributed by atoms with E-state index >= 15 is 0 Å². The summed E-state index contributed by atoms with van der Waals surface area (Å²) in [4.78, 5) is 9.67. The maximum absolute atomic E-state index is 4.84. The highest BCUT2D eigenvalue weighted by molar-refractivity contribution is 7.17. The molecule has 0 N–H and O–H groups in total. The Bertz CT molecular complexity index is 1520. The molecule has 0 unspecified atom stereocenters. The molecular formula is C26H25N4S+. The first-order valence-electron chi connectivity index (χ1n) is 10.8. The second-order valence-electron chi connectivity index (χ2n) is 8.95. The van der Waals surface area contributed by atoms with Gasteiger partial charge in [0.2, 0.25) is 5.52 Å². The van der Waals surface area contributed by atoms with Gasteiger partial charge in [-0.2, -0.15) is 0 Å². The van der Waals surface area contributed by atoms with Crippen LogP contribution in [0.25, 0.3) is 37.9 Å². The molecule has 0 radical (unpaired) electrons. The number of aromatic nitrogens is 4. The van der Waals surface area contributed by atoms with Gasteiger partial charge in [0.1, 0.15) is 10.5 Å². The van der Waals surface area contributed by atoms with E-state index in [1.807, 2.05) is 17.7 Å². The average molecular weight is 426 g/mol. The molecule has 6 rings (SSSR count). The lowest BCUT2D eigenvalue weighted by Crippen LogP contribution is -2.32. The minimum Gasteiger partial charge on any atom is -0.302 e. The summed E-state index contributed by atoms with van der Waals surface area (Å²) in [6, 6.07) is 8.79. The zero-order valence-electron chi connectivity index (χ0n) is 18.5. The normalized spacial score (nSPS) is 12.8. The van der Waals surface area contributed by atoms with Crippen molar-refractivity contribution in [3.8, 4) is 16.9 Å². The number of fused-ring (bicyclic) bond motifs is 6. The number of thiophene rings is 1. The predicted octanol–water partition coefficient (Wildman–Crippen LogP) is 5.77. The van der Waals surface area contributed by atoms with Crippen molar-refractivity contribution in [2.45, 2.75) is 40.0 Å². The van der Waals surface area contributed by atoms with Gasteiger partial charge in [0, 0.05) is 29.1 Å². The number of nitrogens with zero attached hydrogens (tertiary/aromatic N) is 4. The highest BCUT2D eigenvalue weighted by atomic mass is 32.1. The Kier molecular flexibility index (Phi) is 3.90. The topological polar surface area (TPSA) is 34.6 Å². The van der Waals surface area contributed by atoms with Crippen molar-refractivity contribution < 1.29 is 4.57 Å². The van der Waals surface area contributed by atoms with Crippen molar-refractivity contribution in [3.63, 3.8) is 0 Å². The molecule has 154 valence electrons. The molecule has 0 fully saturated rings. The summed E-state index contributed by atoms with van der Waals surface area (Å²) in [7, 11) is 2.12. The van der Waals surface area contributed by atoms with Crippen LogP contribution in [0.2, 0.25) is 0 Å². The van der Waals surface area contributed by atoms with Crippen LogP contribution < -0.4 is 4.57 Å². The quantitative estimate of drug-likeness (QED) is 0.330. The van der Waals surface area contributed by atoms with Crippen LogP contribution in [0.3, 0.4) is 0 Å². The van der Waals surface area contributed by atoms with E-state index in [2.05, 4.69) is 79.7 Å². The zero-order chi connectivity index (χ0) is 21.4. The molecule has 0 saturated carbocycles. The molecule has 0 bridgehead atoms. The Morgan fingerprint density at radius 2 is 1.90 bits per heavy atom. The Morgan fingerprint density at radius 3 is 2.68 bits per heavy atom. The number of benzene rings is 2. The van der Waals surface area contributed by atoms with Gasteiger partial charge in [0.25, 0.3) is 6.33 Å². The van der Waals surface area contributed by atoms with E-state index < -0.39 is 0 Å². The second kappa shape index (κ2) is 6.47. The molecular weight excluding hydrogens is 400 g/mol. The third-order valence-corrected chi connectivity index (χ3v) is 7.60. The van der Waals surface area contributed by atoms with Gasteiger partial charge in [0.05, 0.1) is 18.4 Å². The lowest BCUT2D eigenvalue weighted by molar-refractivity contribution is -0.662. The monoisotopic (exact) mass is 425 g/mol. The first-order chi connectivity index (χ1) is 15.0. The number of aryl methyl sites for hydroxylation is 3. The van der Waals surface area contributed by atoms with Crippen LogP contribution >= 0.6 is 11.3 Å². The van der Waals surface area contributed by atoms with Crippen molar-refractivity contribution in [1.82, 2.24) is 14.5 Å². The van der Waals surface area contributed by atoms with Gasteiger partial charge in [-0.3, -0.25) is 0 Å². The van der Waals surface area contributed by atoms with Crippen LogP contribution in [0.1, 0.15) is 48.0 Å². The number of hydrogen-bond acceptors (Lipinski definition) is 3. The van der Waals surface area contributed by atoms with Crippen LogP contribution in [-0.2, 0) is 13.5 Å².